The van der Waals surface area contributed by atoms with Gasteiger partial charge in [0, 0.05) is 9.26 Å². The van der Waals surface area contributed by atoms with E-state index in [2.05, 4.69) is 33.2 Å². The molecule has 0 aromatic heterocycles. The van der Waals surface area contributed by atoms with E-state index in [1.807, 2.05) is 56.3 Å². The van der Waals surface area contributed by atoms with Gasteiger partial charge in [0.05, 0.1) is 0 Å². The third-order valence-corrected chi connectivity index (χ3v) is 4.21. The molecule has 0 aliphatic rings. The number of para-hydroxylation sites is 1. The lowest BCUT2D eigenvalue weighted by molar-refractivity contribution is -0.128. The van der Waals surface area contributed by atoms with Gasteiger partial charge in [-0.05, 0) is 64.9 Å². The Morgan fingerprint density at radius 2 is 1.68 bits per heavy atom. The van der Waals surface area contributed by atoms with Gasteiger partial charge in [-0.3, -0.25) is 9.59 Å². The number of benzene rings is 2. The monoisotopic (exact) mass is 452 g/mol. The summed E-state index contributed by atoms with van der Waals surface area (Å²) >= 11 is 2.20. The van der Waals surface area contributed by atoms with Crippen molar-refractivity contribution in [3.8, 4) is 5.75 Å². The average molecular weight is 452 g/mol. The molecule has 2 N–H and O–H groups in total. The number of hydrogen-bond acceptors (Lipinski definition) is 3. The lowest BCUT2D eigenvalue weighted by Crippen LogP contribution is -2.48. The maximum Gasteiger partial charge on any atom is 0.258 e. The predicted octanol–water partition coefficient (Wildman–Crippen LogP) is 3.45. The first kappa shape index (κ1) is 19.2. The molecule has 0 unspecified atom stereocenters. The van der Waals surface area contributed by atoms with Crippen molar-refractivity contribution in [3.63, 3.8) is 0 Å². The van der Waals surface area contributed by atoms with E-state index < -0.39 is 6.04 Å². The van der Waals surface area contributed by atoms with E-state index in [1.165, 1.54) is 0 Å². The molecule has 0 saturated heterocycles. The molecule has 2 rings (SSSR count). The zero-order chi connectivity index (χ0) is 18.2. The van der Waals surface area contributed by atoms with Crippen molar-refractivity contribution in [2.75, 3.05) is 11.9 Å². The lowest BCUT2D eigenvalue weighted by Gasteiger charge is -2.21. The van der Waals surface area contributed by atoms with Crippen LogP contribution in [0.3, 0.4) is 0 Å². The quantitative estimate of drug-likeness (QED) is 0.633. The number of anilines is 1. The molecule has 0 saturated carbocycles. The van der Waals surface area contributed by atoms with Gasteiger partial charge in [-0.15, -0.1) is 0 Å². The zero-order valence-corrected chi connectivity index (χ0v) is 16.3. The van der Waals surface area contributed by atoms with E-state index in [-0.39, 0.29) is 24.3 Å². The van der Waals surface area contributed by atoms with Crippen LogP contribution in [0.2, 0.25) is 0 Å². The highest BCUT2D eigenvalue weighted by Gasteiger charge is 2.24. The molecule has 0 bridgehead atoms. The number of nitrogens with one attached hydrogen (secondary N) is 2. The van der Waals surface area contributed by atoms with Gasteiger partial charge in [0.15, 0.2) is 6.61 Å². The van der Waals surface area contributed by atoms with Crippen molar-refractivity contribution >= 4 is 40.1 Å². The Balaban J connectivity index is 1.91. The second-order valence-electron chi connectivity index (χ2n) is 5.89. The molecule has 132 valence electrons. The van der Waals surface area contributed by atoms with Crippen LogP contribution >= 0.6 is 22.6 Å². The molecule has 2 amide bonds. The highest BCUT2D eigenvalue weighted by molar-refractivity contribution is 14.1. The van der Waals surface area contributed by atoms with Crippen LogP contribution in [-0.4, -0.2) is 24.5 Å². The summed E-state index contributed by atoms with van der Waals surface area (Å²) in [4.78, 5) is 24.6. The molecule has 0 radical (unpaired) electrons. The minimum Gasteiger partial charge on any atom is -0.484 e. The van der Waals surface area contributed by atoms with E-state index in [4.69, 9.17) is 4.74 Å². The third kappa shape index (κ3) is 6.38. The van der Waals surface area contributed by atoms with Crippen LogP contribution in [0.25, 0.3) is 0 Å². The van der Waals surface area contributed by atoms with Crippen molar-refractivity contribution < 1.29 is 14.3 Å². The Hall–Kier alpha value is -2.09. The first-order valence-electron chi connectivity index (χ1n) is 7.99. The summed E-state index contributed by atoms with van der Waals surface area (Å²) in [5.41, 5.74) is 0.700. The maximum atomic E-state index is 12.5. The van der Waals surface area contributed by atoms with Gasteiger partial charge < -0.3 is 15.4 Å². The molecule has 5 nitrogen and oxygen atoms in total. The Morgan fingerprint density at radius 1 is 1.04 bits per heavy atom. The molecule has 0 aliphatic heterocycles. The molecule has 0 aliphatic carbocycles. The Bertz CT molecular complexity index is 702. The van der Waals surface area contributed by atoms with Crippen LogP contribution in [0.1, 0.15) is 13.8 Å². The number of carbonyl (C=O) groups is 2. The number of ether oxygens (including phenoxy) is 1. The van der Waals surface area contributed by atoms with Crippen LogP contribution in [0.4, 0.5) is 5.69 Å². The summed E-state index contributed by atoms with van der Waals surface area (Å²) in [5.74, 6) is -0.0174. The number of carbonyl (C=O) groups excluding carboxylic acids is 2. The summed E-state index contributed by atoms with van der Waals surface area (Å²) in [6.45, 7) is 3.64. The first-order chi connectivity index (χ1) is 12.0. The zero-order valence-electron chi connectivity index (χ0n) is 14.2. The normalized spacial score (nSPS) is 11.7. The van der Waals surface area contributed by atoms with E-state index >= 15 is 0 Å². The van der Waals surface area contributed by atoms with Gasteiger partial charge in [0.1, 0.15) is 11.8 Å². The number of amides is 2. The largest absolute Gasteiger partial charge is 0.484 e. The molecule has 2 aromatic carbocycles. The van der Waals surface area contributed by atoms with Gasteiger partial charge in [-0.2, -0.15) is 0 Å². The Labute approximate surface area is 161 Å². The van der Waals surface area contributed by atoms with E-state index in [1.54, 1.807) is 12.1 Å². The summed E-state index contributed by atoms with van der Waals surface area (Å²) in [6.07, 6.45) is 0. The Kier molecular flexibility index (Phi) is 7.24. The SMILES string of the molecule is CC(C)[C@H](NC(=O)COc1ccccc1)C(=O)Nc1ccc(I)cc1. The minimum atomic E-state index is -0.633. The van der Waals surface area contributed by atoms with E-state index in [0.717, 1.165) is 3.57 Å². The summed E-state index contributed by atoms with van der Waals surface area (Å²) in [7, 11) is 0. The van der Waals surface area contributed by atoms with Crippen molar-refractivity contribution in [3.05, 3.63) is 58.2 Å². The molecule has 1 atom stereocenters. The van der Waals surface area contributed by atoms with E-state index in [0.29, 0.717) is 11.4 Å². The molecule has 0 heterocycles. The van der Waals surface area contributed by atoms with Crippen molar-refractivity contribution in [1.29, 1.82) is 0 Å². The molecule has 0 spiro atoms. The van der Waals surface area contributed by atoms with Gasteiger partial charge in [0.25, 0.3) is 5.91 Å². The summed E-state index contributed by atoms with van der Waals surface area (Å²) < 4.78 is 6.50. The van der Waals surface area contributed by atoms with E-state index in [9.17, 15) is 9.59 Å². The third-order valence-electron chi connectivity index (χ3n) is 3.49. The highest BCUT2D eigenvalue weighted by Crippen LogP contribution is 2.13. The van der Waals surface area contributed by atoms with Crippen LogP contribution in [0.15, 0.2) is 54.6 Å². The highest BCUT2D eigenvalue weighted by atomic mass is 127. The minimum absolute atomic E-state index is 0.0514. The van der Waals surface area contributed by atoms with Crippen LogP contribution in [0.5, 0.6) is 5.75 Å². The Morgan fingerprint density at radius 3 is 2.28 bits per heavy atom. The lowest BCUT2D eigenvalue weighted by atomic mass is 10.0. The topological polar surface area (TPSA) is 67.4 Å². The smallest absolute Gasteiger partial charge is 0.258 e. The van der Waals surface area contributed by atoms with Crippen LogP contribution in [-0.2, 0) is 9.59 Å². The fourth-order valence-corrected chi connectivity index (χ4v) is 2.53. The fraction of sp³-hybridized carbons (Fsp3) is 0.263. The predicted molar refractivity (Wildman–Crippen MR) is 106 cm³/mol. The van der Waals surface area contributed by atoms with Crippen LogP contribution in [0, 0.1) is 9.49 Å². The molecular weight excluding hydrogens is 431 g/mol. The molecule has 0 fully saturated rings. The second kappa shape index (κ2) is 9.41. The number of hydrogen-bond donors (Lipinski definition) is 2. The molecule has 6 heteroatoms. The molecule has 2 aromatic rings. The second-order valence-corrected chi connectivity index (χ2v) is 7.13. The van der Waals surface area contributed by atoms with Gasteiger partial charge in [-0.25, -0.2) is 0 Å². The molecular formula is C19H21IN2O3. The van der Waals surface area contributed by atoms with Crippen molar-refractivity contribution in [2.24, 2.45) is 5.92 Å². The first-order valence-corrected chi connectivity index (χ1v) is 9.07. The van der Waals surface area contributed by atoms with Gasteiger partial charge in [0.2, 0.25) is 5.91 Å². The summed E-state index contributed by atoms with van der Waals surface area (Å²) in [5, 5.41) is 5.57. The van der Waals surface area contributed by atoms with Crippen LogP contribution < -0.4 is 15.4 Å². The van der Waals surface area contributed by atoms with Crippen molar-refractivity contribution in [2.45, 2.75) is 19.9 Å². The average Bonchev–Trinajstić information content (AvgIpc) is 2.60. The standard InChI is InChI=1S/C19H21IN2O3/c1-13(2)18(19(24)21-15-10-8-14(20)9-11-15)22-17(23)12-25-16-6-4-3-5-7-16/h3-11,13,18H,12H2,1-2H3,(H,21,24)(H,22,23)/t18-/m0/s1. The van der Waals surface area contributed by atoms with Crippen molar-refractivity contribution in [1.82, 2.24) is 5.32 Å². The van der Waals surface area contributed by atoms with Gasteiger partial charge in [-0.1, -0.05) is 32.0 Å². The fourth-order valence-electron chi connectivity index (χ4n) is 2.17. The maximum absolute atomic E-state index is 12.5. The molecule has 25 heavy (non-hydrogen) atoms. The summed E-state index contributed by atoms with van der Waals surface area (Å²) in [6, 6.07) is 15.9. The number of halogens is 1. The number of rotatable bonds is 7. The van der Waals surface area contributed by atoms with Gasteiger partial charge >= 0.3 is 0 Å².